The van der Waals surface area contributed by atoms with Gasteiger partial charge in [0.2, 0.25) is 0 Å². The fourth-order valence-electron chi connectivity index (χ4n) is 2.10. The van der Waals surface area contributed by atoms with Crippen molar-refractivity contribution in [3.8, 4) is 16.9 Å². The highest BCUT2D eigenvalue weighted by Crippen LogP contribution is 2.25. The minimum Gasteiger partial charge on any atom is -0.507 e. The molecule has 0 atom stereocenters. The number of rotatable bonds is 3. The van der Waals surface area contributed by atoms with Crippen LogP contribution in [0.4, 0.5) is 0 Å². The third-order valence-corrected chi connectivity index (χ3v) is 3.35. The van der Waals surface area contributed by atoms with Crippen LogP contribution in [0.3, 0.4) is 0 Å². The van der Waals surface area contributed by atoms with E-state index in [2.05, 4.69) is 0 Å². The molecule has 25 heavy (non-hydrogen) atoms. The van der Waals surface area contributed by atoms with E-state index >= 15 is 0 Å². The first kappa shape index (κ1) is 17.7. The molecule has 126 valence electrons. The van der Waals surface area contributed by atoms with E-state index < -0.39 is 11.9 Å². The number of carbonyl (C=O) groups is 2. The second-order valence-corrected chi connectivity index (χ2v) is 5.07. The standard InChI is InChI=1S/C13H10O3.C7H6O2/c14-12-7-6-10(8-11(12)13(15)16)9-4-2-1-3-5-9;8-7(9)6-4-2-1-3-5-6/h1-8,14H,(H,15,16);1-5H,(H,8,9). The molecule has 0 radical (unpaired) electrons. The Morgan fingerprint density at radius 3 is 1.68 bits per heavy atom. The number of benzene rings is 3. The van der Waals surface area contributed by atoms with E-state index in [-0.39, 0.29) is 11.3 Å². The van der Waals surface area contributed by atoms with Gasteiger partial charge in [-0.1, -0.05) is 54.6 Å². The summed E-state index contributed by atoms with van der Waals surface area (Å²) in [6.07, 6.45) is 0. The van der Waals surface area contributed by atoms with Gasteiger partial charge in [-0.15, -0.1) is 0 Å². The number of hydrogen-bond acceptors (Lipinski definition) is 3. The second-order valence-electron chi connectivity index (χ2n) is 5.07. The zero-order valence-electron chi connectivity index (χ0n) is 13.2. The van der Waals surface area contributed by atoms with Crippen LogP contribution in [0.1, 0.15) is 20.7 Å². The lowest BCUT2D eigenvalue weighted by molar-refractivity contribution is 0.0684. The highest BCUT2D eigenvalue weighted by molar-refractivity contribution is 5.92. The Morgan fingerprint density at radius 2 is 1.20 bits per heavy atom. The number of carboxylic acid groups (broad SMARTS) is 2. The first-order valence-electron chi connectivity index (χ1n) is 7.39. The molecule has 0 bridgehead atoms. The molecule has 5 nitrogen and oxygen atoms in total. The molecule has 0 heterocycles. The number of carboxylic acids is 2. The van der Waals surface area contributed by atoms with Crippen molar-refractivity contribution in [3.63, 3.8) is 0 Å². The molecule has 0 saturated heterocycles. The van der Waals surface area contributed by atoms with E-state index in [0.717, 1.165) is 11.1 Å². The number of aromatic hydroxyl groups is 1. The molecule has 0 aliphatic rings. The summed E-state index contributed by atoms with van der Waals surface area (Å²) in [5.41, 5.74) is 1.94. The normalized spacial score (nSPS) is 9.60. The summed E-state index contributed by atoms with van der Waals surface area (Å²) in [4.78, 5) is 21.0. The van der Waals surface area contributed by atoms with Crippen LogP contribution in [0.15, 0.2) is 78.9 Å². The van der Waals surface area contributed by atoms with Gasteiger partial charge in [0.25, 0.3) is 0 Å². The summed E-state index contributed by atoms with van der Waals surface area (Å²) >= 11 is 0. The van der Waals surface area contributed by atoms with Crippen molar-refractivity contribution < 1.29 is 24.9 Å². The predicted octanol–water partition coefficient (Wildman–Crippen LogP) is 4.14. The molecule has 3 aromatic carbocycles. The van der Waals surface area contributed by atoms with Gasteiger partial charge >= 0.3 is 11.9 Å². The maximum atomic E-state index is 10.8. The molecule has 0 aliphatic heterocycles. The third kappa shape index (κ3) is 4.94. The van der Waals surface area contributed by atoms with Gasteiger partial charge in [-0.05, 0) is 35.4 Å². The van der Waals surface area contributed by atoms with Crippen molar-refractivity contribution in [3.05, 3.63) is 90.0 Å². The van der Waals surface area contributed by atoms with Crippen LogP contribution in [0.2, 0.25) is 0 Å². The maximum Gasteiger partial charge on any atom is 0.339 e. The van der Waals surface area contributed by atoms with E-state index in [1.54, 1.807) is 36.4 Å². The largest absolute Gasteiger partial charge is 0.507 e. The zero-order valence-corrected chi connectivity index (χ0v) is 13.2. The van der Waals surface area contributed by atoms with Crippen LogP contribution in [-0.4, -0.2) is 27.3 Å². The van der Waals surface area contributed by atoms with Crippen molar-refractivity contribution >= 4 is 11.9 Å². The van der Waals surface area contributed by atoms with Gasteiger partial charge in [-0.3, -0.25) is 0 Å². The van der Waals surface area contributed by atoms with Gasteiger partial charge in [0.15, 0.2) is 0 Å². The highest BCUT2D eigenvalue weighted by atomic mass is 16.4. The minimum absolute atomic E-state index is 0.0821. The first-order valence-corrected chi connectivity index (χ1v) is 7.39. The molecule has 0 unspecified atom stereocenters. The van der Waals surface area contributed by atoms with Gasteiger partial charge in [0.05, 0.1) is 5.56 Å². The Bertz CT molecular complexity index is 858. The third-order valence-electron chi connectivity index (χ3n) is 3.35. The van der Waals surface area contributed by atoms with Crippen LogP contribution < -0.4 is 0 Å². The molecule has 0 amide bonds. The Labute approximate surface area is 144 Å². The molecule has 0 aliphatic carbocycles. The summed E-state index contributed by atoms with van der Waals surface area (Å²) in [5.74, 6) is -2.22. The fraction of sp³-hybridized carbons (Fsp3) is 0. The van der Waals surface area contributed by atoms with E-state index in [1.165, 1.54) is 12.1 Å². The molecule has 0 aromatic heterocycles. The lowest BCUT2D eigenvalue weighted by atomic mass is 10.0. The van der Waals surface area contributed by atoms with Crippen molar-refractivity contribution in [2.75, 3.05) is 0 Å². The van der Waals surface area contributed by atoms with Crippen molar-refractivity contribution in [2.24, 2.45) is 0 Å². The lowest BCUT2D eigenvalue weighted by Crippen LogP contribution is -1.96. The smallest absolute Gasteiger partial charge is 0.339 e. The summed E-state index contributed by atoms with van der Waals surface area (Å²) in [6.45, 7) is 0. The summed E-state index contributed by atoms with van der Waals surface area (Å²) < 4.78 is 0. The van der Waals surface area contributed by atoms with Crippen LogP contribution in [-0.2, 0) is 0 Å². The number of phenols is 1. The quantitative estimate of drug-likeness (QED) is 0.668. The molecule has 3 aromatic rings. The van der Waals surface area contributed by atoms with E-state index in [0.29, 0.717) is 5.56 Å². The van der Waals surface area contributed by atoms with Crippen molar-refractivity contribution in [2.45, 2.75) is 0 Å². The average molecular weight is 336 g/mol. The summed E-state index contributed by atoms with van der Waals surface area (Å²) in [5, 5.41) is 26.6. The molecule has 5 heteroatoms. The Kier molecular flexibility index (Phi) is 5.90. The van der Waals surface area contributed by atoms with Crippen LogP contribution in [0.25, 0.3) is 11.1 Å². The molecule has 0 saturated carbocycles. The molecule has 0 fully saturated rings. The number of hydrogen-bond donors (Lipinski definition) is 3. The highest BCUT2D eigenvalue weighted by Gasteiger charge is 2.10. The van der Waals surface area contributed by atoms with Crippen LogP contribution in [0.5, 0.6) is 5.75 Å². The fourth-order valence-corrected chi connectivity index (χ4v) is 2.10. The van der Waals surface area contributed by atoms with Crippen LogP contribution >= 0.6 is 0 Å². The lowest BCUT2D eigenvalue weighted by Gasteiger charge is -2.04. The summed E-state index contributed by atoms with van der Waals surface area (Å²) in [6, 6.07) is 22.3. The van der Waals surface area contributed by atoms with Crippen LogP contribution in [0, 0.1) is 0 Å². The predicted molar refractivity (Wildman–Crippen MR) is 93.9 cm³/mol. The molecule has 0 spiro atoms. The Balaban J connectivity index is 0.000000212. The maximum absolute atomic E-state index is 10.8. The Hall–Kier alpha value is -3.60. The SMILES string of the molecule is O=C(O)c1cc(-c2ccccc2)ccc1O.O=C(O)c1ccccc1. The van der Waals surface area contributed by atoms with Gasteiger partial charge in [-0.25, -0.2) is 9.59 Å². The van der Waals surface area contributed by atoms with E-state index in [9.17, 15) is 14.7 Å². The molecular weight excluding hydrogens is 320 g/mol. The molecule has 3 N–H and O–H groups in total. The van der Waals surface area contributed by atoms with E-state index in [1.807, 2.05) is 30.3 Å². The average Bonchev–Trinajstić information content (AvgIpc) is 2.64. The van der Waals surface area contributed by atoms with Crippen molar-refractivity contribution in [1.29, 1.82) is 0 Å². The van der Waals surface area contributed by atoms with Gasteiger partial charge in [0, 0.05) is 0 Å². The van der Waals surface area contributed by atoms with Gasteiger partial charge in [-0.2, -0.15) is 0 Å². The first-order chi connectivity index (χ1) is 12.0. The van der Waals surface area contributed by atoms with E-state index in [4.69, 9.17) is 10.2 Å². The molecular formula is C20H16O5. The van der Waals surface area contributed by atoms with Gasteiger partial charge in [0.1, 0.15) is 11.3 Å². The summed E-state index contributed by atoms with van der Waals surface area (Å²) in [7, 11) is 0. The molecule has 3 rings (SSSR count). The van der Waals surface area contributed by atoms with Crippen molar-refractivity contribution in [1.82, 2.24) is 0 Å². The monoisotopic (exact) mass is 336 g/mol. The Morgan fingerprint density at radius 1 is 0.640 bits per heavy atom. The zero-order chi connectivity index (χ0) is 18.2. The minimum atomic E-state index is -1.13. The number of aromatic carboxylic acids is 2. The topological polar surface area (TPSA) is 94.8 Å². The van der Waals surface area contributed by atoms with Gasteiger partial charge < -0.3 is 15.3 Å². The second kappa shape index (κ2) is 8.31.